The highest BCUT2D eigenvalue weighted by molar-refractivity contribution is 6.25. The second-order valence-electron chi connectivity index (χ2n) is 10.8. The normalized spacial score (nSPS) is 17.4. The van der Waals surface area contributed by atoms with E-state index in [2.05, 4.69) is 35.8 Å². The maximum atomic E-state index is 13.1. The SMILES string of the molecule is Cc1ccc(C(C)C)c(OC[C@@H](O)CN2CCN(CCN3C(=O)c4cccc5cccc(c45)C3=O)CC2)c1. The molecule has 0 aromatic heterocycles. The predicted molar refractivity (Wildman–Crippen MR) is 149 cm³/mol. The van der Waals surface area contributed by atoms with Gasteiger partial charge in [-0.25, -0.2) is 0 Å². The van der Waals surface area contributed by atoms with Crippen molar-refractivity contribution in [2.45, 2.75) is 32.8 Å². The Balaban J connectivity index is 1.10. The van der Waals surface area contributed by atoms with Crippen LogP contribution in [0.2, 0.25) is 0 Å². The number of aliphatic hydroxyl groups is 1. The average molecular weight is 516 g/mol. The fourth-order valence-corrected chi connectivity index (χ4v) is 5.50. The van der Waals surface area contributed by atoms with Crippen molar-refractivity contribution in [3.8, 4) is 5.75 Å². The molecule has 2 heterocycles. The minimum atomic E-state index is -0.576. The molecule has 0 bridgehead atoms. The van der Waals surface area contributed by atoms with E-state index in [1.807, 2.05) is 49.4 Å². The molecule has 1 saturated heterocycles. The Kier molecular flexibility index (Phi) is 7.79. The molecule has 3 aromatic carbocycles. The van der Waals surface area contributed by atoms with Crippen LogP contribution in [0.5, 0.6) is 5.75 Å². The van der Waals surface area contributed by atoms with Crippen molar-refractivity contribution in [3.63, 3.8) is 0 Å². The molecule has 5 rings (SSSR count). The molecule has 7 heteroatoms. The zero-order valence-electron chi connectivity index (χ0n) is 22.5. The fourth-order valence-electron chi connectivity index (χ4n) is 5.50. The first-order chi connectivity index (χ1) is 18.3. The summed E-state index contributed by atoms with van der Waals surface area (Å²) < 4.78 is 6.02. The summed E-state index contributed by atoms with van der Waals surface area (Å²) in [7, 11) is 0. The van der Waals surface area contributed by atoms with Crippen molar-refractivity contribution < 1.29 is 19.4 Å². The Morgan fingerprint density at radius 1 is 0.868 bits per heavy atom. The van der Waals surface area contributed by atoms with Crippen molar-refractivity contribution in [1.29, 1.82) is 0 Å². The molecule has 200 valence electrons. The molecule has 1 atom stereocenters. The van der Waals surface area contributed by atoms with Gasteiger partial charge in [0.15, 0.2) is 0 Å². The lowest BCUT2D eigenvalue weighted by atomic mass is 9.94. The van der Waals surface area contributed by atoms with Gasteiger partial charge in [0.25, 0.3) is 11.8 Å². The van der Waals surface area contributed by atoms with Crippen LogP contribution in [0, 0.1) is 6.92 Å². The number of carbonyl (C=O) groups excluding carboxylic acids is 2. The number of hydrogen-bond donors (Lipinski definition) is 1. The van der Waals surface area contributed by atoms with Gasteiger partial charge in [-0.2, -0.15) is 0 Å². The first kappa shape index (κ1) is 26.4. The van der Waals surface area contributed by atoms with Gasteiger partial charge in [-0.05, 0) is 47.6 Å². The number of rotatable bonds is 9. The van der Waals surface area contributed by atoms with Crippen LogP contribution in [0.4, 0.5) is 0 Å². The largest absolute Gasteiger partial charge is 0.491 e. The number of piperazine rings is 1. The number of imide groups is 1. The molecular formula is C31H37N3O4. The second-order valence-corrected chi connectivity index (χ2v) is 10.8. The highest BCUT2D eigenvalue weighted by Gasteiger charge is 2.33. The van der Waals surface area contributed by atoms with Gasteiger partial charge in [0.2, 0.25) is 0 Å². The minimum Gasteiger partial charge on any atom is -0.491 e. The van der Waals surface area contributed by atoms with Gasteiger partial charge in [-0.1, -0.05) is 50.2 Å². The van der Waals surface area contributed by atoms with Crippen molar-refractivity contribution in [3.05, 3.63) is 76.9 Å². The summed E-state index contributed by atoms with van der Waals surface area (Å²) in [6.07, 6.45) is -0.576. The Labute approximate surface area is 224 Å². The van der Waals surface area contributed by atoms with Crippen LogP contribution in [-0.4, -0.2) is 90.1 Å². The third kappa shape index (κ3) is 5.46. The Bertz CT molecular complexity index is 1280. The van der Waals surface area contributed by atoms with Gasteiger partial charge in [-0.3, -0.25) is 24.3 Å². The van der Waals surface area contributed by atoms with Gasteiger partial charge < -0.3 is 9.84 Å². The first-order valence-electron chi connectivity index (χ1n) is 13.6. The van der Waals surface area contributed by atoms with Gasteiger partial charge in [-0.15, -0.1) is 0 Å². The number of carbonyl (C=O) groups is 2. The van der Waals surface area contributed by atoms with Crippen LogP contribution in [0.25, 0.3) is 10.8 Å². The molecule has 3 aromatic rings. The number of amides is 2. The third-order valence-electron chi connectivity index (χ3n) is 7.65. The van der Waals surface area contributed by atoms with Crippen LogP contribution in [0.15, 0.2) is 54.6 Å². The van der Waals surface area contributed by atoms with Crippen LogP contribution in [0.3, 0.4) is 0 Å². The summed E-state index contributed by atoms with van der Waals surface area (Å²) in [5.74, 6) is 0.782. The number of benzene rings is 3. The summed E-state index contributed by atoms with van der Waals surface area (Å²) in [6, 6.07) is 17.5. The lowest BCUT2D eigenvalue weighted by Crippen LogP contribution is -2.51. The van der Waals surface area contributed by atoms with Crippen molar-refractivity contribution in [1.82, 2.24) is 14.7 Å². The first-order valence-corrected chi connectivity index (χ1v) is 13.6. The summed E-state index contributed by atoms with van der Waals surface area (Å²) in [4.78, 5) is 32.2. The van der Waals surface area contributed by atoms with Crippen LogP contribution in [0.1, 0.15) is 51.6 Å². The molecule has 0 aliphatic carbocycles. The van der Waals surface area contributed by atoms with E-state index >= 15 is 0 Å². The van der Waals surface area contributed by atoms with Crippen molar-refractivity contribution in [2.75, 3.05) is 52.4 Å². The van der Waals surface area contributed by atoms with Crippen LogP contribution >= 0.6 is 0 Å². The van der Waals surface area contributed by atoms with Gasteiger partial charge in [0.05, 0.1) is 0 Å². The molecule has 2 aliphatic heterocycles. The number of nitrogens with zero attached hydrogens (tertiary/aromatic N) is 3. The average Bonchev–Trinajstić information content (AvgIpc) is 2.91. The van der Waals surface area contributed by atoms with E-state index in [1.165, 1.54) is 4.90 Å². The van der Waals surface area contributed by atoms with Crippen molar-refractivity contribution in [2.24, 2.45) is 0 Å². The highest BCUT2D eigenvalue weighted by Crippen LogP contribution is 2.30. The summed E-state index contributed by atoms with van der Waals surface area (Å²) in [6.45, 7) is 11.4. The molecular weight excluding hydrogens is 478 g/mol. The monoisotopic (exact) mass is 515 g/mol. The standard InChI is InChI=1S/C31H37N3O4/c1-21(2)25-11-10-22(3)18-28(25)38-20-24(35)19-33-14-12-32(13-15-33)16-17-34-30(36)26-8-4-6-23-7-5-9-27(29(23)26)31(34)37/h4-11,18,21,24,35H,12-17,19-20H2,1-3H3/t24-/m0/s1. The number of β-amino-alcohol motifs (C(OH)–C–C–N with tert-alkyl or cyclic N) is 1. The lowest BCUT2D eigenvalue weighted by molar-refractivity contribution is 0.0414. The number of aryl methyl sites for hydroxylation is 1. The third-order valence-corrected chi connectivity index (χ3v) is 7.65. The second kappa shape index (κ2) is 11.2. The number of hydrogen-bond acceptors (Lipinski definition) is 6. The molecule has 38 heavy (non-hydrogen) atoms. The van der Waals surface area contributed by atoms with Gasteiger partial charge in [0.1, 0.15) is 18.5 Å². The molecule has 2 amide bonds. The quantitative estimate of drug-likeness (QED) is 0.436. The van der Waals surface area contributed by atoms with Crippen LogP contribution in [-0.2, 0) is 0 Å². The molecule has 1 N–H and O–H groups in total. The lowest BCUT2D eigenvalue weighted by Gasteiger charge is -2.36. The van der Waals surface area contributed by atoms with Crippen molar-refractivity contribution >= 4 is 22.6 Å². The van der Waals surface area contributed by atoms with E-state index in [0.717, 1.165) is 53.8 Å². The van der Waals surface area contributed by atoms with E-state index in [0.29, 0.717) is 36.7 Å². The molecule has 1 fully saturated rings. The summed E-state index contributed by atoms with van der Waals surface area (Å²) >= 11 is 0. The molecule has 7 nitrogen and oxygen atoms in total. The van der Waals surface area contributed by atoms with E-state index in [1.54, 1.807) is 0 Å². The zero-order chi connectivity index (χ0) is 26.8. The smallest absolute Gasteiger partial charge is 0.261 e. The molecule has 0 unspecified atom stereocenters. The predicted octanol–water partition coefficient (Wildman–Crippen LogP) is 3.93. The summed E-state index contributed by atoms with van der Waals surface area (Å²) in [5.41, 5.74) is 3.50. The fraction of sp³-hybridized carbons (Fsp3) is 0.419. The topological polar surface area (TPSA) is 73.3 Å². The maximum Gasteiger partial charge on any atom is 0.261 e. The van der Waals surface area contributed by atoms with Crippen LogP contribution < -0.4 is 4.74 Å². The van der Waals surface area contributed by atoms with E-state index in [4.69, 9.17) is 4.74 Å². The number of aliphatic hydroxyl groups excluding tert-OH is 1. The van der Waals surface area contributed by atoms with E-state index < -0.39 is 6.10 Å². The molecule has 0 spiro atoms. The van der Waals surface area contributed by atoms with Gasteiger partial charge >= 0.3 is 0 Å². The highest BCUT2D eigenvalue weighted by atomic mass is 16.5. The maximum absolute atomic E-state index is 13.1. The minimum absolute atomic E-state index is 0.213. The molecule has 0 radical (unpaired) electrons. The Hall–Kier alpha value is -3.26. The Morgan fingerprint density at radius 3 is 2.13 bits per heavy atom. The number of ether oxygens (including phenoxy) is 1. The van der Waals surface area contributed by atoms with E-state index in [-0.39, 0.29) is 18.4 Å². The molecule has 2 aliphatic rings. The van der Waals surface area contributed by atoms with Gasteiger partial charge in [0, 0.05) is 62.3 Å². The summed E-state index contributed by atoms with van der Waals surface area (Å²) in [5, 5.41) is 12.3. The zero-order valence-corrected chi connectivity index (χ0v) is 22.5. The van der Waals surface area contributed by atoms with E-state index in [9.17, 15) is 14.7 Å². The Morgan fingerprint density at radius 2 is 1.50 bits per heavy atom. The molecule has 0 saturated carbocycles.